The first-order valence-corrected chi connectivity index (χ1v) is 11.0. The average Bonchev–Trinajstić information content (AvgIpc) is 3.07. The fourth-order valence-electron chi connectivity index (χ4n) is 2.89. The van der Waals surface area contributed by atoms with Crippen LogP contribution in [-0.4, -0.2) is 29.9 Å². The fourth-order valence-corrected chi connectivity index (χ4v) is 4.18. The number of sulfone groups is 1. The van der Waals surface area contributed by atoms with Gasteiger partial charge in [-0.2, -0.15) is 18.3 Å². The van der Waals surface area contributed by atoms with Crippen molar-refractivity contribution in [3.63, 3.8) is 0 Å². The summed E-state index contributed by atoms with van der Waals surface area (Å²) in [5, 5.41) is 6.64. The van der Waals surface area contributed by atoms with Crippen LogP contribution in [0.2, 0.25) is 5.02 Å². The number of hydrogen-bond donors (Lipinski definition) is 1. The lowest BCUT2D eigenvalue weighted by molar-refractivity contribution is -0.137. The van der Waals surface area contributed by atoms with Gasteiger partial charge in [0.1, 0.15) is 5.82 Å². The molecule has 164 valence electrons. The standard InChI is InChI=1S/C20H17ClF3N3O3S/c1-3-31(29,30)17-7-5-4-6-14(17)19(28)25-18-10-12(2)26-27(18)16-11-13(20(22,23)24)8-9-15(16)21/h4-11H,3H2,1-2H3,(H,25,28). The number of rotatable bonds is 5. The van der Waals surface area contributed by atoms with E-state index in [9.17, 15) is 26.4 Å². The molecular weight excluding hydrogens is 455 g/mol. The van der Waals surface area contributed by atoms with Crippen LogP contribution in [0.3, 0.4) is 0 Å². The van der Waals surface area contributed by atoms with Gasteiger partial charge in [-0.05, 0) is 37.3 Å². The van der Waals surface area contributed by atoms with Crippen LogP contribution in [0, 0.1) is 6.92 Å². The van der Waals surface area contributed by atoms with E-state index >= 15 is 0 Å². The predicted molar refractivity (Wildman–Crippen MR) is 110 cm³/mol. The number of hydrogen-bond acceptors (Lipinski definition) is 4. The van der Waals surface area contributed by atoms with Crippen LogP contribution >= 0.6 is 11.6 Å². The van der Waals surface area contributed by atoms with Gasteiger partial charge in [-0.3, -0.25) is 4.79 Å². The molecule has 0 aliphatic carbocycles. The highest BCUT2D eigenvalue weighted by Crippen LogP contribution is 2.34. The molecular formula is C20H17ClF3N3O3S. The molecule has 1 N–H and O–H groups in total. The molecule has 0 radical (unpaired) electrons. The summed E-state index contributed by atoms with van der Waals surface area (Å²) < 4.78 is 65.2. The molecule has 0 spiro atoms. The number of benzene rings is 2. The number of alkyl halides is 3. The Kier molecular flexibility index (Phi) is 6.15. The molecule has 0 atom stereocenters. The van der Waals surface area contributed by atoms with Gasteiger partial charge in [0.15, 0.2) is 9.84 Å². The molecule has 0 saturated carbocycles. The van der Waals surface area contributed by atoms with Gasteiger partial charge >= 0.3 is 6.18 Å². The lowest BCUT2D eigenvalue weighted by Crippen LogP contribution is -2.19. The third-order valence-electron chi connectivity index (χ3n) is 4.42. The molecule has 3 aromatic rings. The molecule has 1 heterocycles. The zero-order valence-corrected chi connectivity index (χ0v) is 17.9. The van der Waals surface area contributed by atoms with Crippen LogP contribution in [0.25, 0.3) is 5.69 Å². The summed E-state index contributed by atoms with van der Waals surface area (Å²) in [5.41, 5.74) is -0.714. The van der Waals surface area contributed by atoms with Crippen LogP contribution < -0.4 is 5.32 Å². The van der Waals surface area contributed by atoms with Crippen molar-refractivity contribution >= 4 is 33.2 Å². The van der Waals surface area contributed by atoms with E-state index in [0.29, 0.717) is 5.69 Å². The third kappa shape index (κ3) is 4.75. The average molecular weight is 472 g/mol. The van der Waals surface area contributed by atoms with Gasteiger partial charge in [0.2, 0.25) is 0 Å². The number of halogens is 4. The van der Waals surface area contributed by atoms with Gasteiger partial charge < -0.3 is 5.32 Å². The molecule has 1 amide bonds. The van der Waals surface area contributed by atoms with E-state index < -0.39 is 27.5 Å². The molecule has 0 unspecified atom stereocenters. The second kappa shape index (κ2) is 8.35. The third-order valence-corrected chi connectivity index (χ3v) is 6.53. The van der Waals surface area contributed by atoms with E-state index in [1.54, 1.807) is 6.92 Å². The number of nitrogens with one attached hydrogen (secondary N) is 1. The SMILES string of the molecule is CCS(=O)(=O)c1ccccc1C(=O)Nc1cc(C)nn1-c1cc(C(F)(F)F)ccc1Cl. The monoisotopic (exact) mass is 471 g/mol. The molecule has 6 nitrogen and oxygen atoms in total. The molecule has 11 heteroatoms. The van der Waals surface area contributed by atoms with E-state index in [2.05, 4.69) is 10.4 Å². The molecule has 1 aromatic heterocycles. The van der Waals surface area contributed by atoms with Crippen LogP contribution in [0.15, 0.2) is 53.4 Å². The number of nitrogens with zero attached hydrogens (tertiary/aromatic N) is 2. The predicted octanol–water partition coefficient (Wildman–Crippen LogP) is 4.90. The zero-order chi connectivity index (χ0) is 23.0. The topological polar surface area (TPSA) is 81.1 Å². The van der Waals surface area contributed by atoms with Crippen LogP contribution in [-0.2, 0) is 16.0 Å². The summed E-state index contributed by atoms with van der Waals surface area (Å²) in [6.45, 7) is 3.04. The second-order valence-corrected chi connectivity index (χ2v) is 9.25. The quantitative estimate of drug-likeness (QED) is 0.574. The summed E-state index contributed by atoms with van der Waals surface area (Å²) in [6.07, 6.45) is -4.60. The Morgan fingerprint density at radius 1 is 1.16 bits per heavy atom. The van der Waals surface area contributed by atoms with Crippen molar-refractivity contribution in [3.05, 3.63) is 70.4 Å². The van der Waals surface area contributed by atoms with Crippen molar-refractivity contribution in [1.29, 1.82) is 0 Å². The Balaban J connectivity index is 2.05. The molecule has 0 aliphatic rings. The molecule has 0 fully saturated rings. The Labute approximate surface area is 181 Å². The zero-order valence-electron chi connectivity index (χ0n) is 16.4. The number of aryl methyl sites for hydroxylation is 1. The van der Waals surface area contributed by atoms with E-state index in [-0.39, 0.29) is 32.7 Å². The summed E-state index contributed by atoms with van der Waals surface area (Å²) in [7, 11) is -3.68. The van der Waals surface area contributed by atoms with Gasteiger partial charge in [-0.25, -0.2) is 13.1 Å². The lowest BCUT2D eigenvalue weighted by Gasteiger charge is -2.14. The smallest absolute Gasteiger partial charge is 0.306 e. The minimum Gasteiger partial charge on any atom is -0.306 e. The number of carbonyl (C=O) groups excluding carboxylic acids is 1. The first-order chi connectivity index (χ1) is 14.4. The lowest BCUT2D eigenvalue weighted by atomic mass is 10.2. The molecule has 2 aromatic carbocycles. The molecule has 0 bridgehead atoms. The van der Waals surface area contributed by atoms with Crippen molar-refractivity contribution in [2.75, 3.05) is 11.1 Å². The number of carbonyl (C=O) groups is 1. The maximum Gasteiger partial charge on any atom is 0.416 e. The molecule has 3 rings (SSSR count). The first-order valence-electron chi connectivity index (χ1n) is 9.01. The Morgan fingerprint density at radius 3 is 2.48 bits per heavy atom. The minimum absolute atomic E-state index is 0.0134. The van der Waals surface area contributed by atoms with E-state index in [0.717, 1.165) is 22.9 Å². The molecule has 0 saturated heterocycles. The van der Waals surface area contributed by atoms with Crippen molar-refractivity contribution in [2.45, 2.75) is 24.9 Å². The van der Waals surface area contributed by atoms with Crippen molar-refractivity contribution in [2.24, 2.45) is 0 Å². The van der Waals surface area contributed by atoms with E-state index in [1.165, 1.54) is 37.3 Å². The highest BCUT2D eigenvalue weighted by Gasteiger charge is 2.31. The summed E-state index contributed by atoms with van der Waals surface area (Å²) >= 11 is 6.10. The Bertz CT molecular complexity index is 1250. The Hall–Kier alpha value is -2.85. The van der Waals surface area contributed by atoms with Gasteiger partial charge in [0, 0.05) is 6.07 Å². The molecule has 31 heavy (non-hydrogen) atoms. The maximum absolute atomic E-state index is 13.1. The summed E-state index contributed by atoms with van der Waals surface area (Å²) in [4.78, 5) is 12.7. The highest BCUT2D eigenvalue weighted by molar-refractivity contribution is 7.91. The Morgan fingerprint density at radius 2 is 1.84 bits per heavy atom. The van der Waals surface area contributed by atoms with E-state index in [1.807, 2.05) is 0 Å². The van der Waals surface area contributed by atoms with Gasteiger partial charge in [-0.1, -0.05) is 30.7 Å². The van der Waals surface area contributed by atoms with Crippen molar-refractivity contribution in [1.82, 2.24) is 9.78 Å². The highest BCUT2D eigenvalue weighted by atomic mass is 35.5. The van der Waals surface area contributed by atoms with Crippen LogP contribution in [0.1, 0.15) is 28.5 Å². The van der Waals surface area contributed by atoms with E-state index in [4.69, 9.17) is 11.6 Å². The fraction of sp³-hybridized carbons (Fsp3) is 0.200. The minimum atomic E-state index is -4.60. The molecule has 0 aliphatic heterocycles. The largest absolute Gasteiger partial charge is 0.416 e. The number of amides is 1. The van der Waals surface area contributed by atoms with Gasteiger partial charge in [0.05, 0.1) is 38.2 Å². The summed E-state index contributed by atoms with van der Waals surface area (Å²) in [6, 6.07) is 9.86. The number of anilines is 1. The normalized spacial score (nSPS) is 12.1. The van der Waals surface area contributed by atoms with Crippen molar-refractivity contribution < 1.29 is 26.4 Å². The number of aromatic nitrogens is 2. The van der Waals surface area contributed by atoms with Crippen LogP contribution in [0.4, 0.5) is 19.0 Å². The van der Waals surface area contributed by atoms with Gasteiger partial charge in [-0.15, -0.1) is 0 Å². The van der Waals surface area contributed by atoms with Gasteiger partial charge in [0.25, 0.3) is 5.91 Å². The maximum atomic E-state index is 13.1. The van der Waals surface area contributed by atoms with Crippen molar-refractivity contribution in [3.8, 4) is 5.69 Å². The summed E-state index contributed by atoms with van der Waals surface area (Å²) in [5.74, 6) is -0.918. The van der Waals surface area contributed by atoms with Crippen LogP contribution in [0.5, 0.6) is 0 Å². The first kappa shape index (κ1) is 22.8. The second-order valence-electron chi connectivity index (χ2n) is 6.60.